The third-order valence-electron chi connectivity index (χ3n) is 5.19. The van der Waals surface area contributed by atoms with Crippen LogP contribution in [0.15, 0.2) is 36.4 Å². The minimum Gasteiger partial charge on any atom is -0.485 e. The van der Waals surface area contributed by atoms with Crippen molar-refractivity contribution in [1.82, 2.24) is 19.6 Å². The Labute approximate surface area is 156 Å². The molecule has 1 aromatic carbocycles. The van der Waals surface area contributed by atoms with E-state index in [2.05, 4.69) is 42.7 Å². The molecule has 3 aromatic rings. The van der Waals surface area contributed by atoms with Crippen LogP contribution in [0, 0.1) is 6.92 Å². The van der Waals surface area contributed by atoms with E-state index in [1.807, 2.05) is 25.1 Å². The van der Waals surface area contributed by atoms with Crippen molar-refractivity contribution < 1.29 is 4.74 Å². The second-order valence-corrected chi connectivity index (χ2v) is 7.74. The van der Waals surface area contributed by atoms with Gasteiger partial charge in [0.25, 0.3) is 0 Å². The SMILES string of the molecule is Cc1nsc(-c2ccc(N3CCC4(CCc5ccccc5O4)C3)nn2)n1. The molecule has 26 heavy (non-hydrogen) atoms. The molecule has 1 saturated heterocycles. The molecule has 1 fully saturated rings. The van der Waals surface area contributed by atoms with Crippen molar-refractivity contribution in [2.75, 3.05) is 18.0 Å². The van der Waals surface area contributed by atoms with Gasteiger partial charge >= 0.3 is 0 Å². The second-order valence-electron chi connectivity index (χ2n) is 6.99. The summed E-state index contributed by atoms with van der Waals surface area (Å²) in [5.74, 6) is 2.70. The molecule has 5 rings (SSSR count). The van der Waals surface area contributed by atoms with Crippen LogP contribution in [0.3, 0.4) is 0 Å². The highest BCUT2D eigenvalue weighted by Gasteiger charge is 2.43. The van der Waals surface area contributed by atoms with Crippen LogP contribution in [-0.2, 0) is 6.42 Å². The van der Waals surface area contributed by atoms with Gasteiger partial charge in [0.2, 0.25) is 0 Å². The fraction of sp³-hybridized carbons (Fsp3) is 0.368. The molecule has 4 heterocycles. The Kier molecular flexibility index (Phi) is 3.63. The normalized spacial score (nSPS) is 21.7. The summed E-state index contributed by atoms with van der Waals surface area (Å²) in [5, 5.41) is 9.59. The number of hydrogen-bond donors (Lipinski definition) is 0. The predicted molar refractivity (Wildman–Crippen MR) is 101 cm³/mol. The van der Waals surface area contributed by atoms with Gasteiger partial charge in [-0.2, -0.15) is 4.37 Å². The van der Waals surface area contributed by atoms with Crippen molar-refractivity contribution in [3.8, 4) is 16.5 Å². The van der Waals surface area contributed by atoms with Crippen molar-refractivity contribution in [2.45, 2.75) is 31.8 Å². The monoisotopic (exact) mass is 365 g/mol. The summed E-state index contributed by atoms with van der Waals surface area (Å²) >= 11 is 1.35. The van der Waals surface area contributed by atoms with E-state index >= 15 is 0 Å². The second kappa shape index (κ2) is 6.02. The summed E-state index contributed by atoms with van der Waals surface area (Å²) in [7, 11) is 0. The quantitative estimate of drug-likeness (QED) is 0.694. The third-order valence-corrected chi connectivity index (χ3v) is 6.02. The first-order valence-electron chi connectivity index (χ1n) is 8.87. The lowest BCUT2D eigenvalue weighted by atomic mass is 9.90. The highest BCUT2D eigenvalue weighted by molar-refractivity contribution is 7.09. The maximum absolute atomic E-state index is 6.42. The maximum Gasteiger partial charge on any atom is 0.164 e. The lowest BCUT2D eigenvalue weighted by Crippen LogP contribution is -2.42. The van der Waals surface area contributed by atoms with Gasteiger partial charge in [0.05, 0.1) is 6.54 Å². The van der Waals surface area contributed by atoms with Crippen molar-refractivity contribution in [2.24, 2.45) is 0 Å². The van der Waals surface area contributed by atoms with E-state index in [1.165, 1.54) is 17.1 Å². The van der Waals surface area contributed by atoms with Gasteiger partial charge < -0.3 is 9.64 Å². The van der Waals surface area contributed by atoms with Crippen LogP contribution in [-0.4, -0.2) is 38.2 Å². The van der Waals surface area contributed by atoms with Crippen LogP contribution in [0.5, 0.6) is 5.75 Å². The Bertz CT molecular complexity index is 941. The average molecular weight is 365 g/mol. The van der Waals surface area contributed by atoms with Gasteiger partial charge in [0.1, 0.15) is 22.9 Å². The van der Waals surface area contributed by atoms with E-state index < -0.39 is 0 Å². The van der Waals surface area contributed by atoms with Gasteiger partial charge in [-0.05, 0) is 55.1 Å². The molecule has 0 amide bonds. The number of fused-ring (bicyclic) bond motifs is 1. The number of nitrogens with zero attached hydrogens (tertiary/aromatic N) is 5. The third kappa shape index (κ3) is 2.72. The number of hydrogen-bond acceptors (Lipinski definition) is 7. The average Bonchev–Trinajstić information content (AvgIpc) is 3.29. The van der Waals surface area contributed by atoms with E-state index in [4.69, 9.17) is 4.74 Å². The molecule has 1 spiro atoms. The van der Waals surface area contributed by atoms with Crippen molar-refractivity contribution in [3.63, 3.8) is 0 Å². The van der Waals surface area contributed by atoms with Crippen molar-refractivity contribution >= 4 is 17.4 Å². The molecule has 0 aliphatic carbocycles. The van der Waals surface area contributed by atoms with E-state index in [1.54, 1.807) is 0 Å². The molecule has 132 valence electrons. The van der Waals surface area contributed by atoms with E-state index in [9.17, 15) is 0 Å². The van der Waals surface area contributed by atoms with Crippen LogP contribution in [0.1, 0.15) is 24.2 Å². The minimum atomic E-state index is -0.106. The van der Waals surface area contributed by atoms with E-state index in [0.29, 0.717) is 0 Å². The van der Waals surface area contributed by atoms with Gasteiger partial charge in [0, 0.05) is 13.0 Å². The summed E-state index contributed by atoms with van der Waals surface area (Å²) in [4.78, 5) is 6.64. The van der Waals surface area contributed by atoms with E-state index in [-0.39, 0.29) is 5.60 Å². The molecular weight excluding hydrogens is 346 g/mol. The predicted octanol–water partition coefficient (Wildman–Crippen LogP) is 3.28. The molecule has 0 saturated carbocycles. The zero-order valence-corrected chi connectivity index (χ0v) is 15.4. The zero-order chi connectivity index (χ0) is 17.6. The standard InChI is InChI=1S/C19H19N5OS/c1-13-20-18(26-23-13)15-6-7-17(22-21-15)24-11-10-19(12-24)9-8-14-4-2-3-5-16(14)25-19/h2-7H,8-12H2,1H3. The molecule has 0 radical (unpaired) electrons. The molecule has 6 nitrogen and oxygen atoms in total. The van der Waals surface area contributed by atoms with Crippen LogP contribution in [0.4, 0.5) is 5.82 Å². The van der Waals surface area contributed by atoms with Crippen molar-refractivity contribution in [3.05, 3.63) is 47.8 Å². The smallest absolute Gasteiger partial charge is 0.164 e. The molecule has 2 aromatic heterocycles. The fourth-order valence-electron chi connectivity index (χ4n) is 3.79. The number of anilines is 1. The zero-order valence-electron chi connectivity index (χ0n) is 14.6. The molecule has 2 aliphatic heterocycles. The first-order valence-corrected chi connectivity index (χ1v) is 9.64. The highest BCUT2D eigenvalue weighted by atomic mass is 32.1. The largest absolute Gasteiger partial charge is 0.485 e. The van der Waals surface area contributed by atoms with Gasteiger partial charge in [-0.25, -0.2) is 4.98 Å². The fourth-order valence-corrected chi connectivity index (χ4v) is 4.43. The topological polar surface area (TPSA) is 64.0 Å². The van der Waals surface area contributed by atoms with Crippen LogP contribution < -0.4 is 9.64 Å². The molecule has 7 heteroatoms. The number of benzene rings is 1. The summed E-state index contributed by atoms with van der Waals surface area (Å²) in [6.07, 6.45) is 3.14. The highest BCUT2D eigenvalue weighted by Crippen LogP contribution is 2.39. The van der Waals surface area contributed by atoms with Gasteiger partial charge in [-0.1, -0.05) is 18.2 Å². The molecular formula is C19H19N5OS. The summed E-state index contributed by atoms with van der Waals surface area (Å²) in [6.45, 7) is 3.68. The molecule has 0 bridgehead atoms. The Morgan fingerprint density at radius 2 is 2.04 bits per heavy atom. The Morgan fingerprint density at radius 1 is 1.12 bits per heavy atom. The first kappa shape index (κ1) is 15.7. The Balaban J connectivity index is 1.33. The van der Waals surface area contributed by atoms with Crippen LogP contribution in [0.25, 0.3) is 10.7 Å². The van der Waals surface area contributed by atoms with Crippen molar-refractivity contribution in [1.29, 1.82) is 0 Å². The lowest BCUT2D eigenvalue weighted by molar-refractivity contribution is 0.0682. The van der Waals surface area contributed by atoms with E-state index in [0.717, 1.165) is 60.4 Å². The van der Waals surface area contributed by atoms with Crippen LogP contribution in [0.2, 0.25) is 0 Å². The number of aromatic nitrogens is 4. The lowest BCUT2D eigenvalue weighted by Gasteiger charge is -2.35. The Morgan fingerprint density at radius 3 is 2.85 bits per heavy atom. The number of para-hydroxylation sites is 1. The number of ether oxygens (including phenoxy) is 1. The summed E-state index contributed by atoms with van der Waals surface area (Å²) in [6, 6.07) is 12.4. The number of aryl methyl sites for hydroxylation is 2. The Hall–Kier alpha value is -2.54. The molecule has 1 unspecified atom stereocenters. The molecule has 1 atom stereocenters. The maximum atomic E-state index is 6.42. The summed E-state index contributed by atoms with van der Waals surface area (Å²) in [5.41, 5.74) is 1.98. The molecule has 2 aliphatic rings. The van der Waals surface area contributed by atoms with Gasteiger partial charge in [-0.3, -0.25) is 0 Å². The summed E-state index contributed by atoms with van der Waals surface area (Å²) < 4.78 is 10.6. The number of rotatable bonds is 2. The minimum absolute atomic E-state index is 0.106. The van der Waals surface area contributed by atoms with Gasteiger partial charge in [0.15, 0.2) is 10.8 Å². The molecule has 0 N–H and O–H groups in total. The first-order chi connectivity index (χ1) is 12.7. The van der Waals surface area contributed by atoms with Crippen LogP contribution >= 0.6 is 11.5 Å². The van der Waals surface area contributed by atoms with Gasteiger partial charge in [-0.15, -0.1) is 10.2 Å².